The molecule has 14 heavy (non-hydrogen) atoms. The number of hydrogen-bond acceptors (Lipinski definition) is 4. The third kappa shape index (κ3) is 2.09. The third-order valence-corrected chi connectivity index (χ3v) is 1.80. The van der Waals surface area contributed by atoms with Gasteiger partial charge in [0, 0.05) is 12.1 Å². The molecule has 0 radical (unpaired) electrons. The molecule has 1 aromatic rings. The Morgan fingerprint density at radius 2 is 2.14 bits per heavy atom. The van der Waals surface area contributed by atoms with Crippen LogP contribution in [0.3, 0.4) is 0 Å². The highest BCUT2D eigenvalue weighted by molar-refractivity contribution is 6.31. The van der Waals surface area contributed by atoms with Crippen LogP contribution in [0.25, 0.3) is 0 Å². The van der Waals surface area contributed by atoms with Gasteiger partial charge in [-0.3, -0.25) is 4.79 Å². The average molecular weight is 198 g/mol. The summed E-state index contributed by atoms with van der Waals surface area (Å²) in [5, 5.41) is 14.2. The van der Waals surface area contributed by atoms with Crippen molar-refractivity contribution in [3.8, 4) is 0 Å². The quantitative estimate of drug-likeness (QED) is 0.652. The van der Waals surface area contributed by atoms with Crippen LogP contribution in [0.1, 0.15) is 17.0 Å². The lowest BCUT2D eigenvalue weighted by molar-refractivity contribution is -0.150. The summed E-state index contributed by atoms with van der Waals surface area (Å²) in [6, 6.07) is 0. The smallest absolute Gasteiger partial charge is 0.394 e. The van der Waals surface area contributed by atoms with E-state index in [1.165, 1.54) is 0 Å². The first-order chi connectivity index (χ1) is 6.52. The highest BCUT2D eigenvalue weighted by Gasteiger charge is 2.13. The van der Waals surface area contributed by atoms with Gasteiger partial charge in [-0.1, -0.05) is 5.16 Å². The number of aryl methyl sites for hydroxylation is 2. The van der Waals surface area contributed by atoms with Gasteiger partial charge < -0.3 is 14.9 Å². The standard InChI is InChI=1S/C8H10N2O4/c1-4-6(5(2)14-10-4)3-9-7(11)8(12)13/h3H2,1-2H3,(H,9,11)(H,12,13). The number of carbonyl (C=O) groups excluding carboxylic acids is 1. The van der Waals surface area contributed by atoms with Crippen molar-refractivity contribution in [1.82, 2.24) is 10.5 Å². The predicted molar refractivity (Wildman–Crippen MR) is 45.5 cm³/mol. The Morgan fingerprint density at radius 1 is 1.50 bits per heavy atom. The Labute approximate surface area is 79.9 Å². The van der Waals surface area contributed by atoms with E-state index in [0.717, 1.165) is 0 Å². The lowest BCUT2D eigenvalue weighted by Gasteiger charge is -2.00. The van der Waals surface area contributed by atoms with Gasteiger partial charge in [0.05, 0.1) is 5.69 Å². The zero-order valence-corrected chi connectivity index (χ0v) is 7.83. The molecule has 6 nitrogen and oxygen atoms in total. The first kappa shape index (κ1) is 10.2. The predicted octanol–water partition coefficient (Wildman–Crippen LogP) is -0.00776. The first-order valence-corrected chi connectivity index (χ1v) is 3.95. The highest BCUT2D eigenvalue weighted by Crippen LogP contribution is 2.11. The second-order valence-corrected chi connectivity index (χ2v) is 2.79. The first-order valence-electron chi connectivity index (χ1n) is 3.95. The molecule has 1 rings (SSSR count). The van der Waals surface area contributed by atoms with Crippen LogP contribution in [-0.4, -0.2) is 22.1 Å². The van der Waals surface area contributed by atoms with E-state index < -0.39 is 11.9 Å². The maximum absolute atomic E-state index is 10.7. The maximum atomic E-state index is 10.7. The van der Waals surface area contributed by atoms with Crippen molar-refractivity contribution in [2.45, 2.75) is 20.4 Å². The minimum Gasteiger partial charge on any atom is -0.474 e. The number of amides is 1. The van der Waals surface area contributed by atoms with E-state index >= 15 is 0 Å². The molecule has 0 aromatic carbocycles. The summed E-state index contributed by atoms with van der Waals surface area (Å²) in [6.07, 6.45) is 0. The van der Waals surface area contributed by atoms with Gasteiger partial charge >= 0.3 is 11.9 Å². The van der Waals surface area contributed by atoms with E-state index in [1.807, 2.05) is 0 Å². The Balaban J connectivity index is 2.62. The summed E-state index contributed by atoms with van der Waals surface area (Å²) in [5.41, 5.74) is 1.35. The molecule has 0 aliphatic heterocycles. The van der Waals surface area contributed by atoms with Crippen LogP contribution >= 0.6 is 0 Å². The maximum Gasteiger partial charge on any atom is 0.394 e. The van der Waals surface area contributed by atoms with Crippen molar-refractivity contribution in [3.05, 3.63) is 17.0 Å². The van der Waals surface area contributed by atoms with E-state index in [0.29, 0.717) is 17.0 Å². The number of aliphatic carboxylic acids is 1. The molecule has 0 spiro atoms. The van der Waals surface area contributed by atoms with Crippen LogP contribution in [0, 0.1) is 13.8 Å². The summed E-state index contributed by atoms with van der Waals surface area (Å²) in [5.74, 6) is -1.96. The van der Waals surface area contributed by atoms with Gasteiger partial charge in [0.25, 0.3) is 0 Å². The number of rotatable bonds is 2. The largest absolute Gasteiger partial charge is 0.474 e. The molecule has 0 saturated carbocycles. The number of carboxylic acid groups (broad SMARTS) is 1. The molecule has 0 fully saturated rings. The van der Waals surface area contributed by atoms with Crippen LogP contribution in [0.5, 0.6) is 0 Å². The molecule has 0 atom stereocenters. The summed E-state index contributed by atoms with van der Waals surface area (Å²) >= 11 is 0. The number of nitrogens with one attached hydrogen (secondary N) is 1. The number of nitrogens with zero attached hydrogens (tertiary/aromatic N) is 1. The number of carbonyl (C=O) groups is 2. The van der Waals surface area contributed by atoms with Gasteiger partial charge in [-0.2, -0.15) is 0 Å². The van der Waals surface area contributed by atoms with Crippen molar-refractivity contribution in [2.24, 2.45) is 0 Å². The Bertz CT molecular complexity index is 350. The van der Waals surface area contributed by atoms with Crippen LogP contribution in [0.15, 0.2) is 4.52 Å². The second kappa shape index (κ2) is 3.91. The molecule has 0 aliphatic carbocycles. The molecule has 1 heterocycles. The molecule has 0 aliphatic rings. The number of aromatic nitrogens is 1. The molecule has 0 bridgehead atoms. The number of carboxylic acids is 1. The van der Waals surface area contributed by atoms with Gasteiger partial charge in [0.15, 0.2) is 0 Å². The van der Waals surface area contributed by atoms with Crippen molar-refractivity contribution in [2.75, 3.05) is 0 Å². The molecule has 2 N–H and O–H groups in total. The summed E-state index contributed by atoms with van der Waals surface area (Å²) in [4.78, 5) is 20.9. The minimum absolute atomic E-state index is 0.117. The van der Waals surface area contributed by atoms with E-state index in [4.69, 9.17) is 9.63 Å². The van der Waals surface area contributed by atoms with Crippen LogP contribution in [0.2, 0.25) is 0 Å². The zero-order chi connectivity index (χ0) is 10.7. The molecule has 6 heteroatoms. The van der Waals surface area contributed by atoms with Gasteiger partial charge in [-0.25, -0.2) is 4.79 Å². The Morgan fingerprint density at radius 3 is 2.57 bits per heavy atom. The van der Waals surface area contributed by atoms with E-state index in [2.05, 4.69) is 10.5 Å². The van der Waals surface area contributed by atoms with Crippen molar-refractivity contribution >= 4 is 11.9 Å². The summed E-state index contributed by atoms with van der Waals surface area (Å²) in [7, 11) is 0. The molecule has 0 unspecified atom stereocenters. The fraction of sp³-hybridized carbons (Fsp3) is 0.375. The van der Waals surface area contributed by atoms with Crippen LogP contribution in [0.4, 0.5) is 0 Å². The highest BCUT2D eigenvalue weighted by atomic mass is 16.5. The SMILES string of the molecule is Cc1noc(C)c1CNC(=O)C(=O)O. The Kier molecular flexibility index (Phi) is 2.85. The lowest BCUT2D eigenvalue weighted by Crippen LogP contribution is -2.30. The van der Waals surface area contributed by atoms with Gasteiger partial charge in [0.1, 0.15) is 5.76 Å². The van der Waals surface area contributed by atoms with Gasteiger partial charge in [0.2, 0.25) is 0 Å². The van der Waals surface area contributed by atoms with Gasteiger partial charge in [-0.05, 0) is 13.8 Å². The normalized spacial score (nSPS) is 9.86. The van der Waals surface area contributed by atoms with Crippen LogP contribution < -0.4 is 5.32 Å². The molecular formula is C8H10N2O4. The van der Waals surface area contributed by atoms with Crippen molar-refractivity contribution in [1.29, 1.82) is 0 Å². The van der Waals surface area contributed by atoms with E-state index in [9.17, 15) is 9.59 Å². The van der Waals surface area contributed by atoms with Crippen molar-refractivity contribution in [3.63, 3.8) is 0 Å². The molecule has 1 amide bonds. The minimum atomic E-state index is -1.50. The fourth-order valence-electron chi connectivity index (χ4n) is 0.999. The lowest BCUT2D eigenvalue weighted by atomic mass is 10.2. The molecule has 76 valence electrons. The molecular weight excluding hydrogens is 188 g/mol. The monoisotopic (exact) mass is 198 g/mol. The molecule has 0 saturated heterocycles. The average Bonchev–Trinajstić information content (AvgIpc) is 2.43. The fourth-order valence-corrected chi connectivity index (χ4v) is 0.999. The second-order valence-electron chi connectivity index (χ2n) is 2.79. The zero-order valence-electron chi connectivity index (χ0n) is 7.83. The van der Waals surface area contributed by atoms with Gasteiger partial charge in [-0.15, -0.1) is 0 Å². The summed E-state index contributed by atoms with van der Waals surface area (Å²) < 4.78 is 4.84. The third-order valence-electron chi connectivity index (χ3n) is 1.80. The Hall–Kier alpha value is -1.85. The van der Waals surface area contributed by atoms with E-state index in [1.54, 1.807) is 13.8 Å². The van der Waals surface area contributed by atoms with Crippen molar-refractivity contribution < 1.29 is 19.2 Å². The van der Waals surface area contributed by atoms with E-state index in [-0.39, 0.29) is 6.54 Å². The molecule has 1 aromatic heterocycles. The van der Waals surface area contributed by atoms with Crippen LogP contribution in [-0.2, 0) is 16.1 Å². The number of hydrogen-bond donors (Lipinski definition) is 2. The topological polar surface area (TPSA) is 92.4 Å². The summed E-state index contributed by atoms with van der Waals surface area (Å²) in [6.45, 7) is 3.54.